The zero-order valence-corrected chi connectivity index (χ0v) is 12.4. The molecule has 5 nitrogen and oxygen atoms in total. The maximum Gasteiger partial charge on any atom is 0.225 e. The average Bonchev–Trinajstić information content (AvgIpc) is 3.02. The fourth-order valence-electron chi connectivity index (χ4n) is 2.54. The Hall–Kier alpha value is -1.95. The molecule has 0 spiro atoms. The minimum atomic E-state index is -3.58. The molecular formula is C15H17N3O2S. The smallest absolute Gasteiger partial charge is 0.225 e. The molecular weight excluding hydrogens is 286 g/mol. The molecule has 1 saturated carbocycles. The van der Waals surface area contributed by atoms with Gasteiger partial charge in [0.25, 0.3) is 0 Å². The van der Waals surface area contributed by atoms with E-state index < -0.39 is 9.84 Å². The highest BCUT2D eigenvalue weighted by molar-refractivity contribution is 7.91. The molecule has 2 aromatic rings. The molecule has 6 heteroatoms. The SMILES string of the molecule is O=S(=O)(c1ccccc1)c1ccc(NC2CCCC2)nn1. The van der Waals surface area contributed by atoms with Crippen molar-refractivity contribution >= 4 is 15.7 Å². The number of nitrogens with one attached hydrogen (secondary N) is 1. The minimum absolute atomic E-state index is 0.0225. The number of nitrogens with zero attached hydrogens (tertiary/aromatic N) is 2. The molecule has 1 aromatic heterocycles. The van der Waals surface area contributed by atoms with Gasteiger partial charge in [-0.1, -0.05) is 31.0 Å². The van der Waals surface area contributed by atoms with Gasteiger partial charge in [-0.25, -0.2) is 8.42 Å². The summed E-state index contributed by atoms with van der Waals surface area (Å²) >= 11 is 0. The minimum Gasteiger partial charge on any atom is -0.366 e. The maximum absolute atomic E-state index is 12.4. The van der Waals surface area contributed by atoms with Gasteiger partial charge in [-0.2, -0.15) is 0 Å². The van der Waals surface area contributed by atoms with Gasteiger partial charge < -0.3 is 5.32 Å². The predicted molar refractivity (Wildman–Crippen MR) is 79.8 cm³/mol. The van der Waals surface area contributed by atoms with E-state index in [-0.39, 0.29) is 9.92 Å². The van der Waals surface area contributed by atoms with Crippen molar-refractivity contribution in [2.45, 2.75) is 41.6 Å². The Morgan fingerprint density at radius 3 is 2.29 bits per heavy atom. The fourth-order valence-corrected chi connectivity index (χ4v) is 3.69. The third-order valence-corrected chi connectivity index (χ3v) is 5.34. The first kappa shape index (κ1) is 14.0. The molecule has 0 bridgehead atoms. The second-order valence-electron chi connectivity index (χ2n) is 5.20. The van der Waals surface area contributed by atoms with Gasteiger partial charge >= 0.3 is 0 Å². The van der Waals surface area contributed by atoms with Crippen molar-refractivity contribution in [1.29, 1.82) is 0 Å². The molecule has 21 heavy (non-hydrogen) atoms. The summed E-state index contributed by atoms with van der Waals surface area (Å²) in [6, 6.07) is 11.9. The first-order valence-electron chi connectivity index (χ1n) is 7.07. The van der Waals surface area contributed by atoms with E-state index in [0.29, 0.717) is 11.9 Å². The molecule has 0 radical (unpaired) electrons. The molecule has 0 atom stereocenters. The van der Waals surface area contributed by atoms with E-state index >= 15 is 0 Å². The first-order chi connectivity index (χ1) is 10.2. The number of rotatable bonds is 4. The van der Waals surface area contributed by atoms with Crippen LogP contribution in [0.5, 0.6) is 0 Å². The maximum atomic E-state index is 12.4. The molecule has 3 rings (SSSR count). The van der Waals surface area contributed by atoms with Crippen LogP contribution in [0, 0.1) is 0 Å². The van der Waals surface area contributed by atoms with Gasteiger partial charge in [0.05, 0.1) is 4.90 Å². The Morgan fingerprint density at radius 1 is 0.952 bits per heavy atom. The van der Waals surface area contributed by atoms with Crippen molar-refractivity contribution in [3.05, 3.63) is 42.5 Å². The first-order valence-corrected chi connectivity index (χ1v) is 8.55. The van der Waals surface area contributed by atoms with Gasteiger partial charge in [0.1, 0.15) is 5.82 Å². The Morgan fingerprint density at radius 2 is 1.67 bits per heavy atom. The summed E-state index contributed by atoms with van der Waals surface area (Å²) < 4.78 is 24.7. The van der Waals surface area contributed by atoms with Crippen molar-refractivity contribution in [1.82, 2.24) is 10.2 Å². The van der Waals surface area contributed by atoms with Crippen LogP contribution in [0.25, 0.3) is 0 Å². The van der Waals surface area contributed by atoms with Crippen molar-refractivity contribution in [3.8, 4) is 0 Å². The quantitative estimate of drug-likeness (QED) is 0.940. The molecule has 1 fully saturated rings. The third kappa shape index (κ3) is 3.05. The zero-order chi connectivity index (χ0) is 14.7. The number of hydrogen-bond acceptors (Lipinski definition) is 5. The zero-order valence-electron chi connectivity index (χ0n) is 11.6. The monoisotopic (exact) mass is 303 g/mol. The summed E-state index contributed by atoms with van der Waals surface area (Å²) in [5.41, 5.74) is 0. The molecule has 1 aromatic carbocycles. The van der Waals surface area contributed by atoms with E-state index in [1.165, 1.54) is 18.9 Å². The van der Waals surface area contributed by atoms with Gasteiger partial charge in [0, 0.05) is 6.04 Å². The summed E-state index contributed by atoms with van der Waals surface area (Å²) in [5.74, 6) is 0.633. The van der Waals surface area contributed by atoms with E-state index in [1.807, 2.05) is 0 Å². The highest BCUT2D eigenvalue weighted by Gasteiger charge is 2.20. The van der Waals surface area contributed by atoms with Gasteiger partial charge in [-0.15, -0.1) is 10.2 Å². The highest BCUT2D eigenvalue weighted by atomic mass is 32.2. The second-order valence-corrected chi connectivity index (χ2v) is 7.10. The Bertz CT molecular complexity index is 693. The largest absolute Gasteiger partial charge is 0.366 e. The number of hydrogen-bond donors (Lipinski definition) is 1. The lowest BCUT2D eigenvalue weighted by Crippen LogP contribution is -2.16. The topological polar surface area (TPSA) is 72.0 Å². The van der Waals surface area contributed by atoms with Crippen LogP contribution in [-0.2, 0) is 9.84 Å². The van der Waals surface area contributed by atoms with Crippen molar-refractivity contribution in [2.75, 3.05) is 5.32 Å². The summed E-state index contributed by atoms with van der Waals surface area (Å²) in [7, 11) is -3.58. The fraction of sp³-hybridized carbons (Fsp3) is 0.333. The third-order valence-electron chi connectivity index (χ3n) is 3.68. The average molecular weight is 303 g/mol. The Kier molecular flexibility index (Phi) is 3.88. The standard InChI is InChI=1S/C15H17N3O2S/c19-21(20,13-8-2-1-3-9-13)15-11-10-14(17-18-15)16-12-6-4-5-7-12/h1-3,8-12H,4-7H2,(H,16,17). The summed E-state index contributed by atoms with van der Waals surface area (Å²) in [6.45, 7) is 0. The summed E-state index contributed by atoms with van der Waals surface area (Å²) in [5, 5.41) is 11.1. The van der Waals surface area contributed by atoms with E-state index in [4.69, 9.17) is 0 Å². The lowest BCUT2D eigenvalue weighted by molar-refractivity contribution is 0.590. The summed E-state index contributed by atoms with van der Waals surface area (Å²) in [4.78, 5) is 0.232. The van der Waals surface area contributed by atoms with Crippen LogP contribution < -0.4 is 5.32 Å². The van der Waals surface area contributed by atoms with Gasteiger partial charge in [-0.3, -0.25) is 0 Å². The van der Waals surface area contributed by atoms with E-state index in [0.717, 1.165) is 12.8 Å². The van der Waals surface area contributed by atoms with E-state index in [2.05, 4.69) is 15.5 Å². The normalized spacial score (nSPS) is 16.0. The van der Waals surface area contributed by atoms with Crippen LogP contribution in [0.15, 0.2) is 52.4 Å². The predicted octanol–water partition coefficient (Wildman–Crippen LogP) is 2.66. The van der Waals surface area contributed by atoms with Crippen LogP contribution in [-0.4, -0.2) is 24.7 Å². The van der Waals surface area contributed by atoms with Crippen LogP contribution >= 0.6 is 0 Å². The number of aromatic nitrogens is 2. The molecule has 0 unspecified atom stereocenters. The van der Waals surface area contributed by atoms with Gasteiger partial charge in [-0.05, 0) is 37.1 Å². The number of sulfone groups is 1. The van der Waals surface area contributed by atoms with Crippen molar-refractivity contribution in [3.63, 3.8) is 0 Å². The molecule has 1 aliphatic carbocycles. The van der Waals surface area contributed by atoms with Crippen LogP contribution in [0.1, 0.15) is 25.7 Å². The molecule has 110 valence electrons. The Labute approximate surface area is 124 Å². The molecule has 0 aliphatic heterocycles. The van der Waals surface area contributed by atoms with E-state index in [1.54, 1.807) is 36.4 Å². The van der Waals surface area contributed by atoms with Crippen LogP contribution in [0.4, 0.5) is 5.82 Å². The van der Waals surface area contributed by atoms with Gasteiger partial charge in [0.2, 0.25) is 9.84 Å². The van der Waals surface area contributed by atoms with Gasteiger partial charge in [0.15, 0.2) is 5.03 Å². The summed E-state index contributed by atoms with van der Waals surface area (Å²) in [6.07, 6.45) is 4.72. The molecule has 0 saturated heterocycles. The molecule has 0 amide bonds. The second kappa shape index (κ2) is 5.81. The van der Waals surface area contributed by atoms with Crippen LogP contribution in [0.2, 0.25) is 0 Å². The van der Waals surface area contributed by atoms with Crippen LogP contribution in [0.3, 0.4) is 0 Å². The molecule has 1 heterocycles. The van der Waals surface area contributed by atoms with Crippen molar-refractivity contribution in [2.24, 2.45) is 0 Å². The number of benzene rings is 1. The molecule has 1 aliphatic rings. The Balaban J connectivity index is 1.80. The lowest BCUT2D eigenvalue weighted by Gasteiger charge is -2.12. The lowest BCUT2D eigenvalue weighted by atomic mass is 10.2. The highest BCUT2D eigenvalue weighted by Crippen LogP contribution is 2.22. The number of anilines is 1. The molecule has 1 N–H and O–H groups in total. The van der Waals surface area contributed by atoms with Crippen molar-refractivity contribution < 1.29 is 8.42 Å². The van der Waals surface area contributed by atoms with E-state index in [9.17, 15) is 8.42 Å².